The minimum Gasteiger partial charge on any atom is -0.370 e. The lowest BCUT2D eigenvalue weighted by atomic mass is 9.71. The van der Waals surface area contributed by atoms with Crippen molar-refractivity contribution < 1.29 is 0 Å². The molecule has 4 unspecified atom stereocenters. The molecule has 0 N–H and O–H groups in total. The van der Waals surface area contributed by atoms with Crippen molar-refractivity contribution in [3.63, 3.8) is 0 Å². The van der Waals surface area contributed by atoms with E-state index in [1.54, 1.807) is 11.1 Å². The van der Waals surface area contributed by atoms with E-state index >= 15 is 0 Å². The quantitative estimate of drug-likeness (QED) is 0.636. The summed E-state index contributed by atoms with van der Waals surface area (Å²) in [6.07, 6.45) is 21.1. The molecular weight excluding hydrogens is 266 g/mol. The fraction of sp³-hybridized carbons (Fsp3) is 0.333. The highest BCUT2D eigenvalue weighted by atomic mass is 15.2. The number of rotatable bonds is 0. The first-order chi connectivity index (χ1) is 10.8. The Bertz CT molecular complexity index is 749. The van der Waals surface area contributed by atoms with Gasteiger partial charge in [0.25, 0.3) is 0 Å². The Morgan fingerprint density at radius 2 is 1.95 bits per heavy atom. The zero-order valence-corrected chi connectivity index (χ0v) is 12.9. The van der Waals surface area contributed by atoms with Gasteiger partial charge in [-0.15, -0.1) is 0 Å². The van der Waals surface area contributed by atoms with Crippen LogP contribution in [-0.2, 0) is 6.42 Å². The molecule has 3 aliphatic carbocycles. The molecule has 1 aliphatic heterocycles. The first-order valence-electron chi connectivity index (χ1n) is 8.43. The Morgan fingerprint density at radius 1 is 1.05 bits per heavy atom. The van der Waals surface area contributed by atoms with Crippen LogP contribution < -0.4 is 4.90 Å². The van der Waals surface area contributed by atoms with Crippen molar-refractivity contribution in [2.75, 3.05) is 11.9 Å². The van der Waals surface area contributed by atoms with Crippen LogP contribution in [0.3, 0.4) is 0 Å². The zero-order valence-electron chi connectivity index (χ0n) is 12.9. The first kappa shape index (κ1) is 12.5. The molecule has 22 heavy (non-hydrogen) atoms. The number of hydrogen-bond acceptors (Lipinski definition) is 1. The van der Waals surface area contributed by atoms with Crippen molar-refractivity contribution >= 4 is 11.8 Å². The van der Waals surface area contributed by atoms with E-state index in [0.717, 1.165) is 0 Å². The molecule has 1 aromatic rings. The van der Waals surface area contributed by atoms with Gasteiger partial charge in [0, 0.05) is 36.5 Å². The summed E-state index contributed by atoms with van der Waals surface area (Å²) in [7, 11) is 2.29. The van der Waals surface area contributed by atoms with E-state index in [-0.39, 0.29) is 0 Å². The average molecular weight is 287 g/mol. The minimum atomic E-state index is 0.554. The topological polar surface area (TPSA) is 3.24 Å². The second-order valence-corrected chi connectivity index (χ2v) is 6.94. The third kappa shape index (κ3) is 1.54. The summed E-state index contributed by atoms with van der Waals surface area (Å²) in [6, 6.07) is 5.23. The maximum Gasteiger partial charge on any atom is 0.0462 e. The molecule has 1 heterocycles. The Balaban J connectivity index is 1.69. The average Bonchev–Trinajstić information content (AvgIpc) is 2.88. The van der Waals surface area contributed by atoms with Crippen molar-refractivity contribution in [1.82, 2.24) is 0 Å². The third-order valence-electron chi connectivity index (χ3n) is 5.91. The first-order valence-corrected chi connectivity index (χ1v) is 8.43. The number of fused-ring (bicyclic) bond motifs is 7. The van der Waals surface area contributed by atoms with Gasteiger partial charge in [-0.1, -0.05) is 54.7 Å². The SMILES string of the molecule is CN1c2ccc3c(c2C2C=CC4C=CC=CC4C21)CCC=C3. The molecule has 0 spiro atoms. The van der Waals surface area contributed by atoms with Gasteiger partial charge in [0.15, 0.2) is 0 Å². The van der Waals surface area contributed by atoms with Crippen LogP contribution in [0, 0.1) is 11.8 Å². The van der Waals surface area contributed by atoms with Gasteiger partial charge in [0.1, 0.15) is 0 Å². The number of anilines is 1. The summed E-state index contributed by atoms with van der Waals surface area (Å²) in [4.78, 5) is 2.54. The lowest BCUT2D eigenvalue weighted by Crippen LogP contribution is -2.41. The maximum atomic E-state index is 2.54. The van der Waals surface area contributed by atoms with Crippen LogP contribution in [0.5, 0.6) is 0 Å². The highest BCUT2D eigenvalue weighted by Crippen LogP contribution is 2.51. The molecule has 0 bridgehead atoms. The zero-order chi connectivity index (χ0) is 14.7. The molecule has 4 aliphatic rings. The largest absolute Gasteiger partial charge is 0.370 e. The van der Waals surface area contributed by atoms with Gasteiger partial charge >= 0.3 is 0 Å². The Labute approximate surface area is 132 Å². The summed E-state index contributed by atoms with van der Waals surface area (Å²) in [5.74, 6) is 1.73. The molecular formula is C21H21N. The summed E-state index contributed by atoms with van der Waals surface area (Å²) >= 11 is 0. The summed E-state index contributed by atoms with van der Waals surface area (Å²) in [6.45, 7) is 0. The van der Waals surface area contributed by atoms with Gasteiger partial charge in [0.2, 0.25) is 0 Å². The maximum absolute atomic E-state index is 2.54. The molecule has 5 rings (SSSR count). The minimum absolute atomic E-state index is 0.554. The smallest absolute Gasteiger partial charge is 0.0462 e. The number of allylic oxidation sites excluding steroid dienone is 5. The molecule has 1 aromatic carbocycles. The van der Waals surface area contributed by atoms with E-state index in [9.17, 15) is 0 Å². The second-order valence-electron chi connectivity index (χ2n) is 6.94. The van der Waals surface area contributed by atoms with Gasteiger partial charge in [-0.2, -0.15) is 0 Å². The Hall–Kier alpha value is -2.02. The van der Waals surface area contributed by atoms with Crippen LogP contribution in [-0.4, -0.2) is 13.1 Å². The van der Waals surface area contributed by atoms with Gasteiger partial charge in [0.05, 0.1) is 0 Å². The molecule has 0 fully saturated rings. The van der Waals surface area contributed by atoms with Crippen LogP contribution in [0.25, 0.3) is 6.08 Å². The summed E-state index contributed by atoms with van der Waals surface area (Å²) < 4.78 is 0. The molecule has 1 heteroatoms. The molecule has 110 valence electrons. The number of likely N-dealkylation sites (N-methyl/N-ethyl adjacent to an activating group) is 1. The fourth-order valence-corrected chi connectivity index (χ4v) is 4.93. The summed E-state index contributed by atoms with van der Waals surface area (Å²) in [5, 5.41) is 0. The van der Waals surface area contributed by atoms with Crippen molar-refractivity contribution in [2.45, 2.75) is 24.8 Å². The second kappa shape index (κ2) is 4.49. The van der Waals surface area contributed by atoms with E-state index in [1.165, 1.54) is 24.1 Å². The van der Waals surface area contributed by atoms with E-state index in [0.29, 0.717) is 23.8 Å². The van der Waals surface area contributed by atoms with Gasteiger partial charge in [-0.05, 0) is 35.6 Å². The van der Waals surface area contributed by atoms with Gasteiger partial charge < -0.3 is 4.90 Å². The molecule has 0 radical (unpaired) electrons. The molecule has 0 saturated carbocycles. The molecule has 0 saturated heterocycles. The van der Waals surface area contributed by atoms with Gasteiger partial charge in [-0.3, -0.25) is 0 Å². The molecule has 0 amide bonds. The predicted octanol–water partition coefficient (Wildman–Crippen LogP) is 4.48. The molecule has 4 atom stereocenters. The van der Waals surface area contributed by atoms with Crippen LogP contribution in [0.4, 0.5) is 5.69 Å². The molecule has 0 aromatic heterocycles. The lowest BCUT2D eigenvalue weighted by Gasteiger charge is -2.38. The Kier molecular flexibility index (Phi) is 2.55. The van der Waals surface area contributed by atoms with E-state index in [2.05, 4.69) is 72.7 Å². The highest BCUT2D eigenvalue weighted by Gasteiger charge is 2.44. The van der Waals surface area contributed by atoms with Crippen LogP contribution in [0.2, 0.25) is 0 Å². The fourth-order valence-electron chi connectivity index (χ4n) is 4.93. The monoisotopic (exact) mass is 287 g/mol. The van der Waals surface area contributed by atoms with Gasteiger partial charge in [-0.25, -0.2) is 0 Å². The highest BCUT2D eigenvalue weighted by molar-refractivity contribution is 5.72. The van der Waals surface area contributed by atoms with E-state index in [1.807, 2.05) is 0 Å². The lowest BCUT2D eigenvalue weighted by molar-refractivity contribution is 0.396. The summed E-state index contributed by atoms with van der Waals surface area (Å²) in [5.41, 5.74) is 6.09. The Morgan fingerprint density at radius 3 is 2.91 bits per heavy atom. The number of benzene rings is 1. The van der Waals surface area contributed by atoms with Crippen LogP contribution in [0.15, 0.2) is 54.7 Å². The normalized spacial score (nSPS) is 33.4. The van der Waals surface area contributed by atoms with E-state index < -0.39 is 0 Å². The van der Waals surface area contributed by atoms with Crippen molar-refractivity contribution in [1.29, 1.82) is 0 Å². The van der Waals surface area contributed by atoms with Crippen LogP contribution in [0.1, 0.15) is 29.0 Å². The van der Waals surface area contributed by atoms with Crippen molar-refractivity contribution in [3.05, 3.63) is 71.4 Å². The standard InChI is InChI=1S/C21H21N/c1-22-19-13-11-14-6-2-4-8-16(14)20(19)18-12-10-15-7-3-5-9-17(15)21(18)22/h2-3,5-7,9-13,15,17-18,21H,4,8H2,1H3. The number of nitrogens with zero attached hydrogens (tertiary/aromatic N) is 1. The van der Waals surface area contributed by atoms with Crippen LogP contribution >= 0.6 is 0 Å². The van der Waals surface area contributed by atoms with E-state index in [4.69, 9.17) is 0 Å². The molecule has 1 nitrogen and oxygen atoms in total. The number of hydrogen-bond donors (Lipinski definition) is 0. The van der Waals surface area contributed by atoms with Crippen molar-refractivity contribution in [2.24, 2.45) is 11.8 Å². The third-order valence-corrected chi connectivity index (χ3v) is 5.91. The van der Waals surface area contributed by atoms with Crippen molar-refractivity contribution in [3.8, 4) is 0 Å². The predicted molar refractivity (Wildman–Crippen MR) is 93.1 cm³/mol.